The zero-order valence-electron chi connectivity index (χ0n) is 26.1. The van der Waals surface area contributed by atoms with Gasteiger partial charge >= 0.3 is 11.9 Å². The number of esters is 2. The molecule has 1 rings (SSSR count). The Balaban J connectivity index is 1.83. The summed E-state index contributed by atoms with van der Waals surface area (Å²) < 4.78 is 16.0. The Morgan fingerprint density at radius 3 is 1.68 bits per heavy atom. The first kappa shape index (κ1) is 36.6. The quantitative estimate of drug-likeness (QED) is 0.0421. The van der Waals surface area contributed by atoms with Crippen molar-refractivity contribution in [2.24, 2.45) is 0 Å². The van der Waals surface area contributed by atoms with Crippen molar-refractivity contribution in [3.05, 3.63) is 12.2 Å². The number of aliphatic hydroxyl groups excluding tert-OH is 1. The molecule has 0 bridgehead atoms. The number of carbonyl (C=O) groups is 2. The van der Waals surface area contributed by atoms with E-state index in [9.17, 15) is 14.7 Å². The summed E-state index contributed by atoms with van der Waals surface area (Å²) in [6.07, 6.45) is 30.0. The summed E-state index contributed by atoms with van der Waals surface area (Å²) >= 11 is 0. The van der Waals surface area contributed by atoms with Gasteiger partial charge in [0, 0.05) is 12.8 Å². The molecule has 1 heterocycles. The van der Waals surface area contributed by atoms with Crippen LogP contribution in [0.5, 0.6) is 0 Å². The molecule has 6 heteroatoms. The molecule has 234 valence electrons. The van der Waals surface area contributed by atoms with Crippen LogP contribution in [0.1, 0.15) is 162 Å². The lowest BCUT2D eigenvalue weighted by Gasteiger charge is -2.12. The van der Waals surface area contributed by atoms with E-state index >= 15 is 0 Å². The molecule has 1 saturated heterocycles. The van der Waals surface area contributed by atoms with Crippen molar-refractivity contribution in [1.82, 2.24) is 0 Å². The van der Waals surface area contributed by atoms with Crippen molar-refractivity contribution >= 4 is 11.9 Å². The molecule has 2 unspecified atom stereocenters. The molecule has 40 heavy (non-hydrogen) atoms. The van der Waals surface area contributed by atoms with Gasteiger partial charge in [0.15, 0.2) is 0 Å². The molecule has 0 aromatic heterocycles. The number of carbonyl (C=O) groups excluding carboxylic acids is 2. The van der Waals surface area contributed by atoms with Gasteiger partial charge < -0.3 is 19.3 Å². The summed E-state index contributed by atoms with van der Waals surface area (Å²) in [7, 11) is 0. The van der Waals surface area contributed by atoms with Gasteiger partial charge in [-0.15, -0.1) is 0 Å². The van der Waals surface area contributed by atoms with E-state index in [1.807, 2.05) is 0 Å². The van der Waals surface area contributed by atoms with Gasteiger partial charge in [0.2, 0.25) is 0 Å². The van der Waals surface area contributed by atoms with Gasteiger partial charge in [-0.2, -0.15) is 0 Å². The minimum absolute atomic E-state index is 0.120. The Bertz CT molecular complexity index is 634. The zero-order valence-corrected chi connectivity index (χ0v) is 26.1. The molecule has 1 aliphatic rings. The molecule has 0 radical (unpaired) electrons. The van der Waals surface area contributed by atoms with E-state index in [-0.39, 0.29) is 25.2 Å². The van der Waals surface area contributed by atoms with Crippen molar-refractivity contribution in [2.45, 2.75) is 180 Å². The normalized spacial score (nSPS) is 17.3. The largest absolute Gasteiger partial charge is 0.463 e. The fraction of sp³-hybridized carbons (Fsp3) is 0.882. The van der Waals surface area contributed by atoms with Gasteiger partial charge in [0.25, 0.3) is 0 Å². The topological polar surface area (TPSA) is 85.4 Å². The Labute approximate surface area is 246 Å². The van der Waals surface area contributed by atoms with Crippen LogP contribution in [-0.4, -0.2) is 48.6 Å². The number of allylic oxidation sites excluding steroid dienone is 1. The highest BCUT2D eigenvalue weighted by atomic mass is 16.6. The standard InChI is InChI=1S/C34H62O6/c1-3-5-7-8-9-10-11-15-18-22-26-33(36)38-28-30(35)29-39-34(37)27-23-19-16-13-12-14-17-21-25-32-31(40-32)24-20-6-4-2/h17,21,30-32,35H,3-16,18-20,22-29H2,1-2H3/b21-17-/t30-,31?,32?/m1/s1. The van der Waals surface area contributed by atoms with E-state index in [0.717, 1.165) is 51.4 Å². The summed E-state index contributed by atoms with van der Waals surface area (Å²) in [6, 6.07) is 0. The second-order valence-corrected chi connectivity index (χ2v) is 11.7. The minimum atomic E-state index is -0.966. The number of hydrogen-bond donors (Lipinski definition) is 1. The Morgan fingerprint density at radius 1 is 0.650 bits per heavy atom. The number of epoxide rings is 1. The summed E-state index contributed by atoms with van der Waals surface area (Å²) in [5.74, 6) is -0.585. The average molecular weight is 567 g/mol. The van der Waals surface area contributed by atoms with Crippen LogP contribution in [0.4, 0.5) is 0 Å². The molecular weight excluding hydrogens is 504 g/mol. The van der Waals surface area contributed by atoms with E-state index in [1.54, 1.807) is 0 Å². The number of unbranched alkanes of at least 4 members (excludes halogenated alkanes) is 16. The highest BCUT2D eigenvalue weighted by molar-refractivity contribution is 5.69. The van der Waals surface area contributed by atoms with Crippen LogP contribution >= 0.6 is 0 Å². The van der Waals surface area contributed by atoms with Crippen LogP contribution in [0.3, 0.4) is 0 Å². The second kappa shape index (κ2) is 26.5. The molecule has 0 aromatic rings. The molecule has 0 amide bonds. The van der Waals surface area contributed by atoms with Crippen LogP contribution in [0, 0.1) is 0 Å². The molecule has 1 aliphatic heterocycles. The third kappa shape index (κ3) is 23.3. The van der Waals surface area contributed by atoms with Crippen LogP contribution in [0.2, 0.25) is 0 Å². The fourth-order valence-electron chi connectivity index (χ4n) is 4.97. The van der Waals surface area contributed by atoms with Crippen molar-refractivity contribution < 1.29 is 28.9 Å². The van der Waals surface area contributed by atoms with Gasteiger partial charge in [-0.25, -0.2) is 0 Å². The van der Waals surface area contributed by atoms with Crippen molar-refractivity contribution in [3.8, 4) is 0 Å². The summed E-state index contributed by atoms with van der Waals surface area (Å²) in [4.78, 5) is 23.8. The molecule has 0 aliphatic carbocycles. The van der Waals surface area contributed by atoms with Gasteiger partial charge in [-0.3, -0.25) is 9.59 Å². The Kier molecular flexibility index (Phi) is 24.3. The highest BCUT2D eigenvalue weighted by Crippen LogP contribution is 2.30. The van der Waals surface area contributed by atoms with Gasteiger partial charge in [0.1, 0.15) is 19.3 Å². The van der Waals surface area contributed by atoms with E-state index in [1.165, 1.54) is 83.5 Å². The van der Waals surface area contributed by atoms with Gasteiger partial charge in [-0.1, -0.05) is 122 Å². The first-order valence-corrected chi connectivity index (χ1v) is 16.9. The predicted octanol–water partition coefficient (Wildman–Crippen LogP) is 8.77. The monoisotopic (exact) mass is 566 g/mol. The second-order valence-electron chi connectivity index (χ2n) is 11.7. The minimum Gasteiger partial charge on any atom is -0.463 e. The molecule has 1 fully saturated rings. The van der Waals surface area contributed by atoms with Crippen molar-refractivity contribution in [1.29, 1.82) is 0 Å². The lowest BCUT2D eigenvalue weighted by atomic mass is 10.1. The van der Waals surface area contributed by atoms with Crippen LogP contribution in [0.25, 0.3) is 0 Å². The molecule has 0 aromatic carbocycles. The SMILES string of the molecule is CCCCCCCCCCCCC(=O)OC[C@@H](O)COC(=O)CCCCCCC/C=C\CC1OC1CCCCC. The third-order valence-corrected chi connectivity index (χ3v) is 7.67. The maximum atomic E-state index is 11.9. The number of ether oxygens (including phenoxy) is 3. The smallest absolute Gasteiger partial charge is 0.305 e. The molecule has 3 atom stereocenters. The number of rotatable bonds is 29. The number of aliphatic hydroxyl groups is 1. The molecular formula is C34H62O6. The first-order valence-electron chi connectivity index (χ1n) is 16.9. The van der Waals surface area contributed by atoms with Crippen LogP contribution in [0.15, 0.2) is 12.2 Å². The predicted molar refractivity (Wildman–Crippen MR) is 163 cm³/mol. The maximum absolute atomic E-state index is 11.9. The van der Waals surface area contributed by atoms with Gasteiger partial charge in [0.05, 0.1) is 12.2 Å². The molecule has 0 spiro atoms. The third-order valence-electron chi connectivity index (χ3n) is 7.67. The van der Waals surface area contributed by atoms with Gasteiger partial charge in [-0.05, 0) is 38.5 Å². The lowest BCUT2D eigenvalue weighted by Crippen LogP contribution is -2.25. The van der Waals surface area contributed by atoms with Crippen molar-refractivity contribution in [3.63, 3.8) is 0 Å². The summed E-state index contributed by atoms with van der Waals surface area (Å²) in [5.41, 5.74) is 0. The molecule has 6 nitrogen and oxygen atoms in total. The van der Waals surface area contributed by atoms with E-state index in [2.05, 4.69) is 26.0 Å². The molecule has 1 N–H and O–H groups in total. The maximum Gasteiger partial charge on any atom is 0.305 e. The van der Waals surface area contributed by atoms with Crippen LogP contribution < -0.4 is 0 Å². The molecule has 0 saturated carbocycles. The fourth-order valence-corrected chi connectivity index (χ4v) is 4.97. The first-order chi connectivity index (χ1) is 19.6. The van der Waals surface area contributed by atoms with Crippen LogP contribution in [-0.2, 0) is 23.8 Å². The van der Waals surface area contributed by atoms with E-state index < -0.39 is 6.10 Å². The Hall–Kier alpha value is -1.40. The lowest BCUT2D eigenvalue weighted by molar-refractivity contribution is -0.152. The highest BCUT2D eigenvalue weighted by Gasteiger charge is 2.36. The van der Waals surface area contributed by atoms with E-state index in [4.69, 9.17) is 14.2 Å². The average Bonchev–Trinajstić information content (AvgIpc) is 3.70. The Morgan fingerprint density at radius 2 is 1.12 bits per heavy atom. The van der Waals surface area contributed by atoms with Crippen molar-refractivity contribution in [2.75, 3.05) is 13.2 Å². The van der Waals surface area contributed by atoms with E-state index in [0.29, 0.717) is 25.0 Å². The number of hydrogen-bond acceptors (Lipinski definition) is 6. The summed E-state index contributed by atoms with van der Waals surface area (Å²) in [5, 5.41) is 9.95. The zero-order chi connectivity index (χ0) is 29.1. The summed E-state index contributed by atoms with van der Waals surface area (Å²) in [6.45, 7) is 4.23.